The summed E-state index contributed by atoms with van der Waals surface area (Å²) in [7, 11) is 0. The summed E-state index contributed by atoms with van der Waals surface area (Å²) in [6.07, 6.45) is 2.66. The highest BCUT2D eigenvalue weighted by Gasteiger charge is 2.44. The van der Waals surface area contributed by atoms with Gasteiger partial charge in [-0.2, -0.15) is 0 Å². The zero-order valence-corrected chi connectivity index (χ0v) is 11.9. The summed E-state index contributed by atoms with van der Waals surface area (Å²) in [5.41, 5.74) is 1.54. The van der Waals surface area contributed by atoms with E-state index in [1.165, 1.54) is 5.56 Å². The van der Waals surface area contributed by atoms with E-state index in [1.54, 1.807) is 0 Å². The lowest BCUT2D eigenvalue weighted by atomic mass is 9.69. The van der Waals surface area contributed by atoms with Crippen molar-refractivity contribution in [3.8, 4) is 0 Å². The van der Waals surface area contributed by atoms with Gasteiger partial charge in [0.1, 0.15) is 0 Å². The molecular formula is C16H20N2O3. The number of amides is 1. The normalized spacial score (nSPS) is 21.8. The molecule has 1 heterocycles. The fourth-order valence-corrected chi connectivity index (χ4v) is 3.17. The van der Waals surface area contributed by atoms with Gasteiger partial charge in [0.25, 0.3) is 0 Å². The lowest BCUT2D eigenvalue weighted by molar-refractivity contribution is -0.154. The molecule has 1 atom stereocenters. The van der Waals surface area contributed by atoms with Crippen molar-refractivity contribution in [2.45, 2.75) is 31.6 Å². The van der Waals surface area contributed by atoms with Crippen LogP contribution in [0.25, 0.3) is 0 Å². The van der Waals surface area contributed by atoms with Crippen LogP contribution in [0.3, 0.4) is 0 Å². The number of fused-ring (bicyclic) bond motifs is 1. The number of nitrogens with one attached hydrogen (secondary N) is 2. The minimum atomic E-state index is -0.790. The summed E-state index contributed by atoms with van der Waals surface area (Å²) >= 11 is 0. The number of anilines is 1. The van der Waals surface area contributed by atoms with Gasteiger partial charge in [-0.1, -0.05) is 24.6 Å². The molecular weight excluding hydrogens is 268 g/mol. The molecule has 112 valence electrons. The largest absolute Gasteiger partial charge is 0.481 e. The van der Waals surface area contributed by atoms with Crippen molar-refractivity contribution in [2.24, 2.45) is 5.41 Å². The van der Waals surface area contributed by atoms with E-state index in [1.807, 2.05) is 24.3 Å². The topological polar surface area (TPSA) is 78.4 Å². The number of rotatable bonds is 5. The summed E-state index contributed by atoms with van der Waals surface area (Å²) in [5, 5.41) is 15.4. The molecule has 1 saturated carbocycles. The lowest BCUT2D eigenvalue weighted by Crippen LogP contribution is -2.47. The Kier molecular flexibility index (Phi) is 3.57. The van der Waals surface area contributed by atoms with E-state index in [0.29, 0.717) is 19.3 Å². The molecule has 0 spiro atoms. The molecule has 3 N–H and O–H groups in total. The van der Waals surface area contributed by atoms with E-state index in [0.717, 1.165) is 18.7 Å². The fourth-order valence-electron chi connectivity index (χ4n) is 3.17. The minimum absolute atomic E-state index is 0.0639. The molecule has 0 saturated heterocycles. The summed E-state index contributed by atoms with van der Waals surface area (Å²) in [6, 6.07) is 8.00. The molecule has 0 aromatic heterocycles. The van der Waals surface area contributed by atoms with Gasteiger partial charge in [0.2, 0.25) is 5.91 Å². The summed E-state index contributed by atoms with van der Waals surface area (Å²) < 4.78 is 0. The van der Waals surface area contributed by atoms with Crippen LogP contribution in [0.2, 0.25) is 0 Å². The van der Waals surface area contributed by atoms with Crippen molar-refractivity contribution in [3.63, 3.8) is 0 Å². The molecule has 5 heteroatoms. The molecule has 1 amide bonds. The highest BCUT2D eigenvalue weighted by molar-refractivity contribution is 5.80. The first-order chi connectivity index (χ1) is 10.1. The second kappa shape index (κ2) is 5.39. The van der Waals surface area contributed by atoms with Gasteiger partial charge in [0, 0.05) is 31.1 Å². The van der Waals surface area contributed by atoms with Crippen LogP contribution in [0.4, 0.5) is 5.69 Å². The van der Waals surface area contributed by atoms with Crippen LogP contribution in [-0.4, -0.2) is 30.1 Å². The van der Waals surface area contributed by atoms with Crippen molar-refractivity contribution < 1.29 is 14.7 Å². The Morgan fingerprint density at radius 3 is 2.76 bits per heavy atom. The van der Waals surface area contributed by atoms with Gasteiger partial charge in [-0.3, -0.25) is 9.59 Å². The Bertz CT molecular complexity index is 566. The highest BCUT2D eigenvalue weighted by atomic mass is 16.4. The van der Waals surface area contributed by atoms with Crippen molar-refractivity contribution in [3.05, 3.63) is 29.8 Å². The lowest BCUT2D eigenvalue weighted by Gasteiger charge is -2.37. The predicted octanol–water partition coefficient (Wildman–Crippen LogP) is 1.96. The molecule has 1 unspecified atom stereocenters. The first kappa shape index (κ1) is 13.9. The minimum Gasteiger partial charge on any atom is -0.481 e. The van der Waals surface area contributed by atoms with Crippen LogP contribution < -0.4 is 10.6 Å². The van der Waals surface area contributed by atoms with E-state index in [4.69, 9.17) is 0 Å². The van der Waals surface area contributed by atoms with Gasteiger partial charge in [0.05, 0.1) is 5.41 Å². The molecule has 1 aromatic rings. The Hall–Kier alpha value is -2.04. The first-order valence-electron chi connectivity index (χ1n) is 7.44. The number of carboxylic acids is 1. The van der Waals surface area contributed by atoms with Crippen molar-refractivity contribution in [1.29, 1.82) is 0 Å². The van der Waals surface area contributed by atoms with E-state index < -0.39 is 11.4 Å². The van der Waals surface area contributed by atoms with Crippen LogP contribution in [0.1, 0.15) is 37.2 Å². The predicted molar refractivity (Wildman–Crippen MR) is 79.2 cm³/mol. The van der Waals surface area contributed by atoms with Gasteiger partial charge >= 0.3 is 5.97 Å². The van der Waals surface area contributed by atoms with Crippen molar-refractivity contribution in [1.82, 2.24) is 5.32 Å². The smallest absolute Gasteiger partial charge is 0.311 e. The molecule has 0 radical (unpaired) electrons. The van der Waals surface area contributed by atoms with E-state index in [-0.39, 0.29) is 18.4 Å². The number of carbonyl (C=O) groups is 2. The molecule has 1 aliphatic carbocycles. The van der Waals surface area contributed by atoms with E-state index >= 15 is 0 Å². The summed E-state index contributed by atoms with van der Waals surface area (Å²) in [4.78, 5) is 23.3. The van der Waals surface area contributed by atoms with Crippen LogP contribution in [0, 0.1) is 5.41 Å². The monoisotopic (exact) mass is 288 g/mol. The number of hydrogen-bond acceptors (Lipinski definition) is 3. The van der Waals surface area contributed by atoms with Gasteiger partial charge in [-0.25, -0.2) is 0 Å². The highest BCUT2D eigenvalue weighted by Crippen LogP contribution is 2.40. The molecule has 3 rings (SSSR count). The van der Waals surface area contributed by atoms with Gasteiger partial charge < -0.3 is 15.7 Å². The molecule has 21 heavy (non-hydrogen) atoms. The maximum atomic E-state index is 12.1. The molecule has 1 aromatic carbocycles. The third kappa shape index (κ3) is 2.60. The Morgan fingerprint density at radius 2 is 2.10 bits per heavy atom. The number of carboxylic acid groups (broad SMARTS) is 1. The summed E-state index contributed by atoms with van der Waals surface area (Å²) in [6.45, 7) is 1.01. The SMILES string of the molecule is O=C(CC1CNc2ccccc21)NCC1(C(=O)O)CCC1. The molecule has 0 bridgehead atoms. The summed E-state index contributed by atoms with van der Waals surface area (Å²) in [5.74, 6) is -0.684. The van der Waals surface area contributed by atoms with Gasteiger partial charge in [0.15, 0.2) is 0 Å². The second-order valence-electron chi connectivity index (χ2n) is 6.08. The van der Waals surface area contributed by atoms with E-state index in [2.05, 4.69) is 10.6 Å². The van der Waals surface area contributed by atoms with E-state index in [9.17, 15) is 14.7 Å². The van der Waals surface area contributed by atoms with Crippen LogP contribution in [0.5, 0.6) is 0 Å². The Morgan fingerprint density at radius 1 is 1.33 bits per heavy atom. The third-order valence-corrected chi connectivity index (χ3v) is 4.76. The fraction of sp³-hybridized carbons (Fsp3) is 0.500. The molecule has 2 aliphatic rings. The second-order valence-corrected chi connectivity index (χ2v) is 6.08. The average Bonchev–Trinajstić information content (AvgIpc) is 2.81. The van der Waals surface area contributed by atoms with Crippen molar-refractivity contribution >= 4 is 17.6 Å². The number of benzene rings is 1. The zero-order chi connectivity index (χ0) is 14.9. The zero-order valence-electron chi connectivity index (χ0n) is 11.9. The van der Waals surface area contributed by atoms with Gasteiger partial charge in [-0.05, 0) is 24.5 Å². The van der Waals surface area contributed by atoms with Gasteiger partial charge in [-0.15, -0.1) is 0 Å². The maximum Gasteiger partial charge on any atom is 0.311 e. The number of hydrogen-bond donors (Lipinski definition) is 3. The first-order valence-corrected chi connectivity index (χ1v) is 7.44. The Balaban J connectivity index is 1.55. The standard InChI is InChI=1S/C16H20N2O3/c19-14(18-10-16(15(20)21)6-3-7-16)8-11-9-17-13-5-2-1-4-12(11)13/h1-2,4-5,11,17H,3,6-10H2,(H,18,19)(H,20,21). The average molecular weight is 288 g/mol. The number of para-hydroxylation sites is 1. The maximum absolute atomic E-state index is 12.1. The van der Waals surface area contributed by atoms with Crippen LogP contribution in [0.15, 0.2) is 24.3 Å². The van der Waals surface area contributed by atoms with Crippen molar-refractivity contribution in [2.75, 3.05) is 18.4 Å². The molecule has 5 nitrogen and oxygen atoms in total. The quantitative estimate of drug-likeness (QED) is 0.774. The molecule has 1 aliphatic heterocycles. The van der Waals surface area contributed by atoms with Crippen LogP contribution in [-0.2, 0) is 9.59 Å². The Labute approximate surface area is 123 Å². The number of aliphatic carboxylic acids is 1. The molecule has 1 fully saturated rings. The van der Waals surface area contributed by atoms with Crippen LogP contribution >= 0.6 is 0 Å². The number of carbonyl (C=O) groups excluding carboxylic acids is 1. The third-order valence-electron chi connectivity index (χ3n) is 4.76.